The van der Waals surface area contributed by atoms with E-state index in [0.717, 1.165) is 23.7 Å². The van der Waals surface area contributed by atoms with Crippen molar-refractivity contribution in [2.75, 3.05) is 13.7 Å². The Morgan fingerprint density at radius 1 is 1.33 bits per heavy atom. The number of aromatic nitrogens is 3. The molecule has 6 nitrogen and oxygen atoms in total. The molecule has 1 saturated carbocycles. The number of ether oxygens (including phenoxy) is 2. The number of hydrogen-bond donors (Lipinski definition) is 1. The summed E-state index contributed by atoms with van der Waals surface area (Å²) in [7, 11) is 1.64. The van der Waals surface area contributed by atoms with E-state index in [1.165, 1.54) is 12.8 Å². The average molecular weight is 288 g/mol. The third kappa shape index (κ3) is 4.19. The van der Waals surface area contributed by atoms with Gasteiger partial charge in [0.05, 0.1) is 19.3 Å². The van der Waals surface area contributed by atoms with Gasteiger partial charge >= 0.3 is 0 Å². The second kappa shape index (κ2) is 6.58. The first-order chi connectivity index (χ1) is 10.3. The zero-order chi connectivity index (χ0) is 14.5. The van der Waals surface area contributed by atoms with E-state index >= 15 is 0 Å². The highest BCUT2D eigenvalue weighted by atomic mass is 16.5. The van der Waals surface area contributed by atoms with E-state index in [2.05, 4.69) is 15.6 Å². The lowest BCUT2D eigenvalue weighted by molar-refractivity contribution is 0.288. The molecule has 0 radical (unpaired) electrons. The molecule has 1 aliphatic rings. The molecular formula is C15H20N4O2. The molecule has 6 heteroatoms. The fourth-order valence-electron chi connectivity index (χ4n) is 2.01. The van der Waals surface area contributed by atoms with Crippen LogP contribution in [0.1, 0.15) is 18.5 Å². The summed E-state index contributed by atoms with van der Waals surface area (Å²) in [6.45, 7) is 2.01. The molecule has 1 aromatic heterocycles. The Balaban J connectivity index is 1.43. The molecule has 3 rings (SSSR count). The van der Waals surface area contributed by atoms with E-state index in [-0.39, 0.29) is 0 Å². The van der Waals surface area contributed by atoms with Gasteiger partial charge in [0.25, 0.3) is 0 Å². The Morgan fingerprint density at radius 3 is 3.00 bits per heavy atom. The van der Waals surface area contributed by atoms with Crippen molar-refractivity contribution in [2.45, 2.75) is 32.0 Å². The molecule has 1 fully saturated rings. The van der Waals surface area contributed by atoms with Crippen LogP contribution < -0.4 is 14.8 Å². The number of nitrogens with zero attached hydrogens (tertiary/aromatic N) is 3. The van der Waals surface area contributed by atoms with Gasteiger partial charge in [-0.1, -0.05) is 11.3 Å². The fourth-order valence-corrected chi connectivity index (χ4v) is 2.01. The highest BCUT2D eigenvalue weighted by Crippen LogP contribution is 2.19. The van der Waals surface area contributed by atoms with E-state index in [0.29, 0.717) is 19.2 Å². The smallest absolute Gasteiger partial charge is 0.123 e. The second-order valence-corrected chi connectivity index (χ2v) is 5.16. The molecule has 0 aliphatic heterocycles. The Morgan fingerprint density at radius 2 is 2.19 bits per heavy atom. The van der Waals surface area contributed by atoms with Crippen LogP contribution in [0.3, 0.4) is 0 Å². The summed E-state index contributed by atoms with van der Waals surface area (Å²) in [4.78, 5) is 0. The van der Waals surface area contributed by atoms with E-state index < -0.39 is 0 Å². The lowest BCUT2D eigenvalue weighted by Gasteiger charge is -2.07. The first kappa shape index (κ1) is 13.9. The van der Waals surface area contributed by atoms with Crippen LogP contribution in [0.2, 0.25) is 0 Å². The number of rotatable bonds is 8. The Hall–Kier alpha value is -2.08. The van der Waals surface area contributed by atoms with Crippen LogP contribution >= 0.6 is 0 Å². The van der Waals surface area contributed by atoms with Crippen molar-refractivity contribution in [3.8, 4) is 11.5 Å². The summed E-state index contributed by atoms with van der Waals surface area (Å²) in [5.74, 6) is 1.59. The molecule has 0 saturated heterocycles. The van der Waals surface area contributed by atoms with Crippen molar-refractivity contribution < 1.29 is 9.47 Å². The van der Waals surface area contributed by atoms with Gasteiger partial charge in [-0.25, -0.2) is 4.68 Å². The number of hydrogen-bond acceptors (Lipinski definition) is 5. The third-order valence-corrected chi connectivity index (χ3v) is 3.37. The first-order valence-electron chi connectivity index (χ1n) is 7.23. The molecule has 1 N–H and O–H groups in total. The van der Waals surface area contributed by atoms with E-state index in [1.807, 2.05) is 35.1 Å². The van der Waals surface area contributed by atoms with Gasteiger partial charge < -0.3 is 14.8 Å². The Bertz CT molecular complexity index is 581. The molecule has 21 heavy (non-hydrogen) atoms. The minimum Gasteiger partial charge on any atom is -0.497 e. The molecule has 0 atom stereocenters. The molecule has 1 aliphatic carbocycles. The van der Waals surface area contributed by atoms with Crippen molar-refractivity contribution in [1.29, 1.82) is 0 Å². The molecule has 2 aromatic rings. The number of methoxy groups -OCH3 is 1. The lowest BCUT2D eigenvalue weighted by atomic mass is 10.3. The summed E-state index contributed by atoms with van der Waals surface area (Å²) in [5, 5.41) is 11.7. The van der Waals surface area contributed by atoms with Crippen LogP contribution in [0.15, 0.2) is 30.5 Å². The van der Waals surface area contributed by atoms with Gasteiger partial charge in [0, 0.05) is 24.8 Å². The summed E-state index contributed by atoms with van der Waals surface area (Å²) in [6.07, 6.45) is 4.52. The van der Waals surface area contributed by atoms with Crippen LogP contribution in [0.5, 0.6) is 11.5 Å². The van der Waals surface area contributed by atoms with Crippen LogP contribution in [-0.4, -0.2) is 34.8 Å². The molecule has 1 aromatic carbocycles. The quantitative estimate of drug-likeness (QED) is 0.800. The van der Waals surface area contributed by atoms with Crippen LogP contribution in [0.25, 0.3) is 0 Å². The highest BCUT2D eigenvalue weighted by Gasteiger charge is 2.20. The maximum absolute atomic E-state index is 5.69. The SMILES string of the molecule is COc1cccc(OCCn2cc(CNC3CC3)nn2)c1. The molecule has 0 spiro atoms. The maximum atomic E-state index is 5.69. The zero-order valence-electron chi connectivity index (χ0n) is 12.2. The molecule has 0 unspecified atom stereocenters. The first-order valence-corrected chi connectivity index (χ1v) is 7.23. The van der Waals surface area contributed by atoms with Gasteiger partial charge in [0.1, 0.15) is 18.1 Å². The van der Waals surface area contributed by atoms with Crippen LogP contribution in [0.4, 0.5) is 0 Å². The van der Waals surface area contributed by atoms with Crippen molar-refractivity contribution >= 4 is 0 Å². The predicted octanol–water partition coefficient (Wildman–Crippen LogP) is 1.62. The summed E-state index contributed by atoms with van der Waals surface area (Å²) in [5.41, 5.74) is 0.975. The number of nitrogens with one attached hydrogen (secondary N) is 1. The van der Waals surface area contributed by atoms with Gasteiger partial charge in [-0.05, 0) is 25.0 Å². The minimum absolute atomic E-state index is 0.548. The van der Waals surface area contributed by atoms with Crippen molar-refractivity contribution in [3.63, 3.8) is 0 Å². The van der Waals surface area contributed by atoms with Gasteiger partial charge in [-0.15, -0.1) is 5.10 Å². The van der Waals surface area contributed by atoms with E-state index in [1.54, 1.807) is 7.11 Å². The minimum atomic E-state index is 0.548. The van der Waals surface area contributed by atoms with E-state index in [9.17, 15) is 0 Å². The summed E-state index contributed by atoms with van der Waals surface area (Å²) in [6, 6.07) is 8.27. The monoisotopic (exact) mass is 288 g/mol. The van der Waals surface area contributed by atoms with Crippen LogP contribution in [-0.2, 0) is 13.1 Å². The highest BCUT2D eigenvalue weighted by molar-refractivity contribution is 5.32. The molecule has 112 valence electrons. The second-order valence-electron chi connectivity index (χ2n) is 5.16. The zero-order valence-corrected chi connectivity index (χ0v) is 12.2. The van der Waals surface area contributed by atoms with Gasteiger partial charge in [0.15, 0.2) is 0 Å². The largest absolute Gasteiger partial charge is 0.497 e. The Kier molecular flexibility index (Phi) is 4.35. The normalized spacial score (nSPS) is 14.1. The maximum Gasteiger partial charge on any atom is 0.123 e. The molecule has 0 amide bonds. The molecule has 1 heterocycles. The predicted molar refractivity (Wildman–Crippen MR) is 78.4 cm³/mol. The standard InChI is InChI=1S/C15H20N4O2/c1-20-14-3-2-4-15(9-14)21-8-7-19-11-13(17-18-19)10-16-12-5-6-12/h2-4,9,11-12,16H,5-8,10H2,1H3. The van der Waals surface area contributed by atoms with Gasteiger partial charge in [-0.2, -0.15) is 0 Å². The van der Waals surface area contributed by atoms with Crippen molar-refractivity contribution in [1.82, 2.24) is 20.3 Å². The third-order valence-electron chi connectivity index (χ3n) is 3.37. The van der Waals surface area contributed by atoms with Crippen molar-refractivity contribution in [3.05, 3.63) is 36.2 Å². The lowest BCUT2D eigenvalue weighted by Crippen LogP contribution is -2.15. The number of benzene rings is 1. The summed E-state index contributed by atoms with van der Waals surface area (Å²) < 4.78 is 12.7. The fraction of sp³-hybridized carbons (Fsp3) is 0.467. The van der Waals surface area contributed by atoms with Gasteiger partial charge in [0.2, 0.25) is 0 Å². The molecule has 0 bridgehead atoms. The van der Waals surface area contributed by atoms with E-state index in [4.69, 9.17) is 9.47 Å². The average Bonchev–Trinajstić information content (AvgIpc) is 3.24. The molecular weight excluding hydrogens is 268 g/mol. The van der Waals surface area contributed by atoms with Crippen LogP contribution in [0, 0.1) is 0 Å². The van der Waals surface area contributed by atoms with Gasteiger partial charge in [-0.3, -0.25) is 0 Å². The Labute approximate surface area is 124 Å². The topological polar surface area (TPSA) is 61.2 Å². The summed E-state index contributed by atoms with van der Waals surface area (Å²) >= 11 is 0. The van der Waals surface area contributed by atoms with Crippen molar-refractivity contribution in [2.24, 2.45) is 0 Å².